The molecule has 0 fully saturated rings. The molecule has 0 aliphatic heterocycles. The van der Waals surface area contributed by atoms with E-state index in [2.05, 4.69) is 186 Å². The molecule has 0 aromatic heterocycles. The lowest BCUT2D eigenvalue weighted by atomic mass is 10.1. The molecule has 0 aliphatic rings. The van der Waals surface area contributed by atoms with Crippen LogP contribution in [-0.2, 0) is 65.4 Å². The van der Waals surface area contributed by atoms with Gasteiger partial charge in [0.25, 0.3) is 0 Å². The maximum absolute atomic E-state index is 13.1. The summed E-state index contributed by atoms with van der Waals surface area (Å²) >= 11 is 0. The smallest absolute Gasteiger partial charge is 0.462 e. The van der Waals surface area contributed by atoms with Crippen molar-refractivity contribution in [3.63, 3.8) is 0 Å². The van der Waals surface area contributed by atoms with E-state index in [0.717, 1.165) is 186 Å². The summed E-state index contributed by atoms with van der Waals surface area (Å²) in [7, 11) is -9.99. The van der Waals surface area contributed by atoms with E-state index in [-0.39, 0.29) is 25.7 Å². The van der Waals surface area contributed by atoms with E-state index in [1.54, 1.807) is 0 Å². The molecule has 0 amide bonds. The van der Waals surface area contributed by atoms with Crippen molar-refractivity contribution in [3.8, 4) is 0 Å². The number of hydrogen-bond acceptors (Lipinski definition) is 15. The minimum absolute atomic E-state index is 0.0317. The molecule has 580 valence electrons. The summed E-state index contributed by atoms with van der Waals surface area (Å²) in [5.74, 6) is -2.29. The van der Waals surface area contributed by atoms with Gasteiger partial charge in [-0.2, -0.15) is 0 Å². The molecule has 0 bridgehead atoms. The average Bonchev–Trinajstić information content (AvgIpc) is 0.926. The highest BCUT2D eigenvalue weighted by molar-refractivity contribution is 7.47. The monoisotopic (exact) mass is 1470 g/mol. The van der Waals surface area contributed by atoms with Crippen molar-refractivity contribution in [3.05, 3.63) is 158 Å². The van der Waals surface area contributed by atoms with Gasteiger partial charge in [0.05, 0.1) is 26.4 Å². The number of carbonyl (C=O) groups is 4. The number of aliphatic hydroxyl groups excluding tert-OH is 1. The third-order valence-corrected chi connectivity index (χ3v) is 17.4. The fourth-order valence-electron chi connectivity index (χ4n) is 9.64. The summed E-state index contributed by atoms with van der Waals surface area (Å²) in [4.78, 5) is 72.9. The Hall–Kier alpha value is -5.32. The first-order valence-electron chi connectivity index (χ1n) is 38.7. The molecule has 0 spiro atoms. The molecule has 0 aromatic rings. The third-order valence-electron chi connectivity index (χ3n) is 15.5. The van der Waals surface area contributed by atoms with Gasteiger partial charge in [-0.05, 0) is 161 Å². The number of hydrogen-bond donors (Lipinski definition) is 3. The van der Waals surface area contributed by atoms with Gasteiger partial charge in [-0.1, -0.05) is 256 Å². The Bertz CT molecular complexity index is 2550. The molecule has 0 saturated heterocycles. The maximum atomic E-state index is 13.1. The number of phosphoric ester groups is 2. The van der Waals surface area contributed by atoms with Crippen LogP contribution in [0.1, 0.15) is 285 Å². The summed E-state index contributed by atoms with van der Waals surface area (Å²) in [6.07, 6.45) is 85.2. The standard InChI is InChI=1S/C83H136O17P2/c1-5-9-13-17-21-25-29-32-35-37-38-40-43-45-49-52-56-60-64-68-80(85)93-73-78(99-82(87)69-65-61-57-53-47-28-24-20-16-12-8-4)75-97-101(89,90)95-71-77(84)72-96-102(91,92)98-76-79(100-83(88)70-66-62-58-54-50-46-41-34-31-27-23-19-15-11-7-3)74-94-81(86)67-63-59-55-51-48-44-42-39-36-33-30-26-22-18-14-10-6-2/h9-11,13-15,20-27,32-36,38,40-42,44,50,54,77-79,84H,5-8,12,16-19,28-31,37,39,43,45-49,51-53,55-76H2,1-4H3,(H,89,90)(H,91,92)/b13-9-,14-10-,15-11-,24-20-,25-21-,26-22-,27-23-,35-32-,36-33-,40-38-,41-34-,44-42-,54-50-. The molecular formula is C83H136O17P2. The predicted molar refractivity (Wildman–Crippen MR) is 417 cm³/mol. The van der Waals surface area contributed by atoms with Crippen LogP contribution in [0.5, 0.6) is 0 Å². The molecule has 0 radical (unpaired) electrons. The van der Waals surface area contributed by atoms with Gasteiger partial charge in [0.2, 0.25) is 0 Å². The van der Waals surface area contributed by atoms with Crippen molar-refractivity contribution in [2.75, 3.05) is 39.6 Å². The second-order valence-corrected chi connectivity index (χ2v) is 28.1. The molecule has 17 nitrogen and oxygen atoms in total. The molecule has 5 unspecified atom stereocenters. The molecule has 3 N–H and O–H groups in total. The van der Waals surface area contributed by atoms with Gasteiger partial charge in [-0.15, -0.1) is 0 Å². The first kappa shape index (κ1) is 96.7. The van der Waals surface area contributed by atoms with Gasteiger partial charge in [0.15, 0.2) is 12.2 Å². The first-order valence-corrected chi connectivity index (χ1v) is 41.7. The van der Waals surface area contributed by atoms with Crippen molar-refractivity contribution in [2.24, 2.45) is 0 Å². The van der Waals surface area contributed by atoms with E-state index in [1.807, 2.05) is 0 Å². The second-order valence-electron chi connectivity index (χ2n) is 25.1. The predicted octanol–water partition coefficient (Wildman–Crippen LogP) is 22.4. The number of unbranched alkanes of at least 4 members (excludes halogenated alkanes) is 19. The van der Waals surface area contributed by atoms with Crippen LogP contribution < -0.4 is 0 Å². The molecule has 0 rings (SSSR count). The maximum Gasteiger partial charge on any atom is 0.472 e. The van der Waals surface area contributed by atoms with Gasteiger partial charge in [0.1, 0.15) is 19.3 Å². The minimum atomic E-state index is -5.00. The average molecular weight is 1470 g/mol. The van der Waals surface area contributed by atoms with E-state index in [0.29, 0.717) is 32.1 Å². The molecule has 0 aromatic carbocycles. The summed E-state index contributed by atoms with van der Waals surface area (Å²) < 4.78 is 68.4. The summed E-state index contributed by atoms with van der Waals surface area (Å²) in [5, 5.41) is 10.6. The molecule has 0 heterocycles. The Morgan fingerprint density at radius 1 is 0.284 bits per heavy atom. The van der Waals surface area contributed by atoms with Gasteiger partial charge in [-0.3, -0.25) is 37.3 Å². The lowest BCUT2D eigenvalue weighted by molar-refractivity contribution is -0.161. The molecule has 102 heavy (non-hydrogen) atoms. The molecule has 0 saturated carbocycles. The highest BCUT2D eigenvalue weighted by Crippen LogP contribution is 2.45. The molecule has 0 aliphatic carbocycles. The SMILES string of the molecule is CC/C=C\C/C=C\C/C=C\C/C=C\CCCCCCCCC(=O)OCC(COP(=O)(O)OCC(O)COP(=O)(O)OCC(COC(=O)CCCCCC/C=C\C/C=C\C/C=C\C/C=C\CC)OC(=O)CCCC/C=C\C/C=C\C/C=C\C/C=C\CC)OC(=O)CCCCCCC/C=C\CCCC. The van der Waals surface area contributed by atoms with Crippen LogP contribution in [0, 0.1) is 0 Å². The number of esters is 4. The van der Waals surface area contributed by atoms with Crippen molar-refractivity contribution >= 4 is 39.5 Å². The van der Waals surface area contributed by atoms with Crippen LogP contribution in [0.25, 0.3) is 0 Å². The zero-order chi connectivity index (χ0) is 74.6. The first-order chi connectivity index (χ1) is 49.7. The third kappa shape index (κ3) is 73.0. The second kappa shape index (κ2) is 74.0. The van der Waals surface area contributed by atoms with Crippen LogP contribution in [0.15, 0.2) is 158 Å². The van der Waals surface area contributed by atoms with Gasteiger partial charge < -0.3 is 33.8 Å². The van der Waals surface area contributed by atoms with Crippen LogP contribution in [-0.4, -0.2) is 96.7 Å². The summed E-state index contributed by atoms with van der Waals surface area (Å²) in [6.45, 7) is 4.37. The number of phosphoric acid groups is 2. The van der Waals surface area contributed by atoms with Gasteiger partial charge in [0, 0.05) is 25.7 Å². The lowest BCUT2D eigenvalue weighted by Crippen LogP contribution is -2.30. The van der Waals surface area contributed by atoms with E-state index >= 15 is 0 Å². The molecule has 19 heteroatoms. The fourth-order valence-corrected chi connectivity index (χ4v) is 11.2. The van der Waals surface area contributed by atoms with Crippen LogP contribution in [0.4, 0.5) is 0 Å². The van der Waals surface area contributed by atoms with Crippen LogP contribution in [0.3, 0.4) is 0 Å². The summed E-state index contributed by atoms with van der Waals surface area (Å²) in [6, 6.07) is 0. The minimum Gasteiger partial charge on any atom is -0.462 e. The van der Waals surface area contributed by atoms with E-state index in [1.165, 1.54) is 12.8 Å². The van der Waals surface area contributed by atoms with Crippen LogP contribution >= 0.6 is 15.6 Å². The largest absolute Gasteiger partial charge is 0.472 e. The van der Waals surface area contributed by atoms with E-state index in [4.69, 9.17) is 37.0 Å². The number of carbonyl (C=O) groups excluding carboxylic acids is 4. The Kier molecular flexibility index (Phi) is 70.1. The zero-order valence-corrected chi connectivity index (χ0v) is 65.0. The number of rotatable bonds is 71. The highest BCUT2D eigenvalue weighted by atomic mass is 31.2. The zero-order valence-electron chi connectivity index (χ0n) is 63.2. The topological polar surface area (TPSA) is 237 Å². The fraction of sp³-hybridized carbons (Fsp3) is 0.639. The number of aliphatic hydroxyl groups is 1. The van der Waals surface area contributed by atoms with Crippen molar-refractivity contribution in [2.45, 2.75) is 303 Å². The van der Waals surface area contributed by atoms with Crippen LogP contribution in [0.2, 0.25) is 0 Å². The highest BCUT2D eigenvalue weighted by Gasteiger charge is 2.30. The quantitative estimate of drug-likeness (QED) is 0.0169. The van der Waals surface area contributed by atoms with Crippen molar-refractivity contribution < 1.29 is 80.2 Å². The van der Waals surface area contributed by atoms with E-state index in [9.17, 15) is 43.2 Å². The Labute approximate surface area is 617 Å². The van der Waals surface area contributed by atoms with Gasteiger partial charge in [-0.25, -0.2) is 9.13 Å². The normalized spacial score (nSPS) is 14.8. The van der Waals surface area contributed by atoms with Crippen molar-refractivity contribution in [1.82, 2.24) is 0 Å². The summed E-state index contributed by atoms with van der Waals surface area (Å²) in [5.41, 5.74) is 0. The molecule has 5 atom stereocenters. The Balaban J connectivity index is 5.40. The Morgan fingerprint density at radius 3 is 0.814 bits per heavy atom. The lowest BCUT2D eigenvalue weighted by Gasteiger charge is -2.21. The number of ether oxygens (including phenoxy) is 4. The van der Waals surface area contributed by atoms with Crippen molar-refractivity contribution in [1.29, 1.82) is 0 Å². The Morgan fingerprint density at radius 2 is 0.510 bits per heavy atom. The van der Waals surface area contributed by atoms with Gasteiger partial charge >= 0.3 is 39.5 Å². The van der Waals surface area contributed by atoms with E-state index < -0.39 is 97.5 Å². The molecular weight excluding hydrogens is 1330 g/mol. The number of allylic oxidation sites excluding steroid dienone is 26.